The number of ketones is 1. The molecule has 17 heavy (non-hydrogen) atoms. The highest BCUT2D eigenvalue weighted by atomic mass is 16.5. The number of carbonyl (C=O) groups excluding carboxylic acids is 1. The maximum atomic E-state index is 12.1. The first-order valence-electron chi connectivity index (χ1n) is 5.25. The molecule has 1 N–H and O–H groups in total. The Kier molecular flexibility index (Phi) is 4.02. The Hall–Kier alpha value is -1.68. The molecule has 0 aromatic heterocycles. The highest BCUT2D eigenvalue weighted by Crippen LogP contribution is 2.22. The van der Waals surface area contributed by atoms with E-state index in [0.29, 0.717) is 12.2 Å². The minimum absolute atomic E-state index is 0.0590. The van der Waals surface area contributed by atoms with E-state index in [1.165, 1.54) is 24.3 Å². The van der Waals surface area contributed by atoms with Crippen LogP contribution in [0.2, 0.25) is 0 Å². The van der Waals surface area contributed by atoms with Gasteiger partial charge in [0, 0.05) is 12.7 Å². The molecule has 0 unspecified atom stereocenters. The molecule has 0 amide bonds. The van der Waals surface area contributed by atoms with Gasteiger partial charge in [0.25, 0.3) is 0 Å². The predicted octanol–water partition coefficient (Wildman–Crippen LogP) is 2.24. The first-order valence-corrected chi connectivity index (χ1v) is 5.25. The van der Waals surface area contributed by atoms with Crippen molar-refractivity contribution in [2.75, 3.05) is 13.7 Å². The molecule has 0 heterocycles. The monoisotopic (exact) mass is 236 g/mol. The van der Waals surface area contributed by atoms with Crippen LogP contribution in [0.4, 0.5) is 0 Å². The number of carboxylic acid groups (broad SMARTS) is 1. The summed E-state index contributed by atoms with van der Waals surface area (Å²) in [6.07, 6.45) is 0. The number of rotatable bonds is 5. The molecule has 0 radical (unpaired) electrons. The topological polar surface area (TPSA) is 63.6 Å². The van der Waals surface area contributed by atoms with Crippen LogP contribution in [0.5, 0.6) is 0 Å². The second-order valence-corrected chi connectivity index (χ2v) is 4.53. The van der Waals surface area contributed by atoms with E-state index in [-0.39, 0.29) is 11.3 Å². The lowest BCUT2D eigenvalue weighted by Gasteiger charge is -2.21. The summed E-state index contributed by atoms with van der Waals surface area (Å²) < 4.78 is 5.00. The third-order valence-corrected chi connectivity index (χ3v) is 2.51. The van der Waals surface area contributed by atoms with Gasteiger partial charge in [0.2, 0.25) is 0 Å². The molecule has 0 atom stereocenters. The van der Waals surface area contributed by atoms with Crippen LogP contribution in [-0.4, -0.2) is 30.6 Å². The summed E-state index contributed by atoms with van der Waals surface area (Å²) >= 11 is 0. The quantitative estimate of drug-likeness (QED) is 0.796. The average Bonchev–Trinajstić information content (AvgIpc) is 2.28. The van der Waals surface area contributed by atoms with Crippen molar-refractivity contribution >= 4 is 11.8 Å². The highest BCUT2D eigenvalue weighted by Gasteiger charge is 2.28. The Labute approximate surface area is 100 Å². The van der Waals surface area contributed by atoms with Crippen molar-refractivity contribution in [2.45, 2.75) is 13.8 Å². The van der Waals surface area contributed by atoms with Crippen LogP contribution in [0.3, 0.4) is 0 Å². The molecule has 0 aliphatic heterocycles. The number of carboxylic acids is 1. The molecule has 0 fully saturated rings. The van der Waals surface area contributed by atoms with E-state index in [1.807, 2.05) is 0 Å². The van der Waals surface area contributed by atoms with Gasteiger partial charge in [-0.1, -0.05) is 26.0 Å². The summed E-state index contributed by atoms with van der Waals surface area (Å²) in [5, 5.41) is 8.75. The van der Waals surface area contributed by atoms with E-state index < -0.39 is 11.4 Å². The van der Waals surface area contributed by atoms with Crippen molar-refractivity contribution < 1.29 is 19.4 Å². The van der Waals surface area contributed by atoms with E-state index >= 15 is 0 Å². The Balaban J connectivity index is 2.94. The average molecular weight is 236 g/mol. The van der Waals surface area contributed by atoms with Gasteiger partial charge in [-0.05, 0) is 12.1 Å². The third-order valence-electron chi connectivity index (χ3n) is 2.51. The SMILES string of the molecule is COCC(C)(C)C(=O)c1ccc(C(=O)O)cc1. The third kappa shape index (κ3) is 3.14. The van der Waals surface area contributed by atoms with Crippen LogP contribution >= 0.6 is 0 Å². The van der Waals surface area contributed by atoms with Gasteiger partial charge in [0.15, 0.2) is 5.78 Å². The number of aromatic carboxylic acids is 1. The van der Waals surface area contributed by atoms with Crippen LogP contribution < -0.4 is 0 Å². The molecule has 0 saturated carbocycles. The smallest absolute Gasteiger partial charge is 0.335 e. The second kappa shape index (κ2) is 5.10. The lowest BCUT2D eigenvalue weighted by atomic mass is 9.85. The lowest BCUT2D eigenvalue weighted by molar-refractivity contribution is 0.0629. The van der Waals surface area contributed by atoms with Crippen molar-refractivity contribution in [3.8, 4) is 0 Å². The van der Waals surface area contributed by atoms with Crippen LogP contribution in [0.15, 0.2) is 24.3 Å². The summed E-state index contributed by atoms with van der Waals surface area (Å²) in [6.45, 7) is 3.92. The first-order chi connectivity index (χ1) is 7.88. The number of ether oxygens (including phenoxy) is 1. The van der Waals surface area contributed by atoms with E-state index in [0.717, 1.165) is 0 Å². The molecule has 0 saturated heterocycles. The number of hydrogen-bond acceptors (Lipinski definition) is 3. The van der Waals surface area contributed by atoms with Crippen molar-refractivity contribution in [1.82, 2.24) is 0 Å². The van der Waals surface area contributed by atoms with Gasteiger partial charge in [0.05, 0.1) is 17.6 Å². The molecule has 1 aromatic rings. The molecular formula is C13H16O4. The lowest BCUT2D eigenvalue weighted by Crippen LogP contribution is -2.29. The normalized spacial score (nSPS) is 11.2. The molecule has 0 spiro atoms. The number of hydrogen-bond donors (Lipinski definition) is 1. The maximum Gasteiger partial charge on any atom is 0.335 e. The van der Waals surface area contributed by atoms with Gasteiger partial charge in [-0.15, -0.1) is 0 Å². The van der Waals surface area contributed by atoms with E-state index in [2.05, 4.69) is 0 Å². The Morgan fingerprint density at radius 2 is 1.65 bits per heavy atom. The van der Waals surface area contributed by atoms with Gasteiger partial charge in [-0.25, -0.2) is 4.79 Å². The van der Waals surface area contributed by atoms with Crippen LogP contribution in [0.1, 0.15) is 34.6 Å². The summed E-state index contributed by atoms with van der Waals surface area (Å²) in [6, 6.07) is 5.92. The molecule has 0 aliphatic rings. The van der Waals surface area contributed by atoms with E-state index in [9.17, 15) is 9.59 Å². The van der Waals surface area contributed by atoms with Crippen LogP contribution in [0.25, 0.3) is 0 Å². The molecular weight excluding hydrogens is 220 g/mol. The number of benzene rings is 1. The first kappa shape index (κ1) is 13.4. The van der Waals surface area contributed by atoms with Gasteiger partial charge in [-0.3, -0.25) is 4.79 Å². The van der Waals surface area contributed by atoms with Crippen LogP contribution in [0, 0.1) is 5.41 Å². The zero-order valence-corrected chi connectivity index (χ0v) is 10.2. The number of Topliss-reactive ketones (excluding diaryl/α,β-unsaturated/α-hetero) is 1. The van der Waals surface area contributed by atoms with Gasteiger partial charge >= 0.3 is 5.97 Å². The number of methoxy groups -OCH3 is 1. The van der Waals surface area contributed by atoms with E-state index in [1.54, 1.807) is 21.0 Å². The zero-order chi connectivity index (χ0) is 13.1. The van der Waals surface area contributed by atoms with Crippen molar-refractivity contribution in [2.24, 2.45) is 5.41 Å². The Bertz CT molecular complexity index is 418. The Morgan fingerprint density at radius 1 is 1.18 bits per heavy atom. The van der Waals surface area contributed by atoms with E-state index in [4.69, 9.17) is 9.84 Å². The molecule has 0 bridgehead atoms. The Morgan fingerprint density at radius 3 is 2.06 bits per heavy atom. The predicted molar refractivity (Wildman–Crippen MR) is 63.4 cm³/mol. The second-order valence-electron chi connectivity index (χ2n) is 4.53. The molecule has 0 aliphatic carbocycles. The largest absolute Gasteiger partial charge is 0.478 e. The van der Waals surface area contributed by atoms with Crippen molar-refractivity contribution in [3.05, 3.63) is 35.4 Å². The molecule has 92 valence electrons. The van der Waals surface area contributed by atoms with Gasteiger partial charge in [-0.2, -0.15) is 0 Å². The fourth-order valence-electron chi connectivity index (χ4n) is 1.58. The standard InChI is InChI=1S/C13H16O4/c1-13(2,8-17-3)11(14)9-4-6-10(7-5-9)12(15)16/h4-7H,8H2,1-3H3,(H,15,16). The summed E-state index contributed by atoms with van der Waals surface area (Å²) in [4.78, 5) is 22.8. The number of carbonyl (C=O) groups is 2. The molecule has 1 aromatic carbocycles. The molecule has 4 nitrogen and oxygen atoms in total. The van der Waals surface area contributed by atoms with Gasteiger partial charge in [0.1, 0.15) is 0 Å². The molecule has 1 rings (SSSR count). The van der Waals surface area contributed by atoms with Gasteiger partial charge < -0.3 is 9.84 Å². The minimum Gasteiger partial charge on any atom is -0.478 e. The molecule has 4 heteroatoms. The summed E-state index contributed by atoms with van der Waals surface area (Å²) in [5.41, 5.74) is 0.0580. The highest BCUT2D eigenvalue weighted by molar-refractivity contribution is 6.01. The zero-order valence-electron chi connectivity index (χ0n) is 10.2. The van der Waals surface area contributed by atoms with Crippen LogP contribution in [-0.2, 0) is 4.74 Å². The summed E-state index contributed by atoms with van der Waals surface area (Å²) in [7, 11) is 1.54. The fraction of sp³-hybridized carbons (Fsp3) is 0.385. The maximum absolute atomic E-state index is 12.1. The van der Waals surface area contributed by atoms with Crippen molar-refractivity contribution in [1.29, 1.82) is 0 Å². The minimum atomic E-state index is -1.000. The summed E-state index contributed by atoms with van der Waals surface area (Å²) in [5.74, 6) is -1.06. The van der Waals surface area contributed by atoms with Crippen molar-refractivity contribution in [3.63, 3.8) is 0 Å². The fourth-order valence-corrected chi connectivity index (χ4v) is 1.58.